The highest BCUT2D eigenvalue weighted by molar-refractivity contribution is 7.80. The highest BCUT2D eigenvalue weighted by Gasteiger charge is 2.37. The molecule has 5 nitrogen and oxygen atoms in total. The second kappa shape index (κ2) is 8.75. The number of benzene rings is 2. The van der Waals surface area contributed by atoms with Crippen LogP contribution in [0.5, 0.6) is 5.75 Å². The van der Waals surface area contributed by atoms with Crippen molar-refractivity contribution in [1.29, 1.82) is 0 Å². The molecule has 0 unspecified atom stereocenters. The third-order valence-electron chi connectivity index (χ3n) is 4.79. The maximum atomic E-state index is 13.1. The van der Waals surface area contributed by atoms with Gasteiger partial charge in [0, 0.05) is 18.7 Å². The Kier molecular flexibility index (Phi) is 6.05. The largest absolute Gasteiger partial charge is 0.494 e. The van der Waals surface area contributed by atoms with Gasteiger partial charge in [-0.2, -0.15) is 0 Å². The van der Waals surface area contributed by atoms with Crippen molar-refractivity contribution in [3.8, 4) is 17.1 Å². The summed E-state index contributed by atoms with van der Waals surface area (Å²) in [5.74, 6) is 1.54. The number of halogens is 2. The highest BCUT2D eigenvalue weighted by atomic mass is 35.5. The van der Waals surface area contributed by atoms with E-state index in [2.05, 4.69) is 0 Å². The Balaban J connectivity index is 1.63. The summed E-state index contributed by atoms with van der Waals surface area (Å²) >= 11 is 17.9. The molecule has 0 aliphatic carbocycles. The molecule has 2 heterocycles. The lowest BCUT2D eigenvalue weighted by Crippen LogP contribution is -2.31. The molecule has 8 heteroatoms. The second-order valence-electron chi connectivity index (χ2n) is 6.74. The van der Waals surface area contributed by atoms with Crippen molar-refractivity contribution in [1.82, 2.24) is 4.90 Å². The molecule has 1 amide bonds. The van der Waals surface area contributed by atoms with Crippen LogP contribution in [0.25, 0.3) is 17.4 Å². The van der Waals surface area contributed by atoms with E-state index in [-0.39, 0.29) is 5.91 Å². The Morgan fingerprint density at radius 1 is 1.10 bits per heavy atom. The molecule has 1 aliphatic heterocycles. The van der Waals surface area contributed by atoms with Crippen molar-refractivity contribution < 1.29 is 13.9 Å². The number of rotatable bonds is 5. The maximum absolute atomic E-state index is 13.1. The number of anilines is 1. The van der Waals surface area contributed by atoms with Crippen molar-refractivity contribution in [3.63, 3.8) is 0 Å². The first-order chi connectivity index (χ1) is 14.9. The summed E-state index contributed by atoms with van der Waals surface area (Å²) in [4.78, 5) is 16.3. The van der Waals surface area contributed by atoms with Gasteiger partial charge in [-0.15, -0.1) is 0 Å². The van der Waals surface area contributed by atoms with Crippen LogP contribution in [-0.2, 0) is 4.79 Å². The third kappa shape index (κ3) is 4.06. The van der Waals surface area contributed by atoms with E-state index < -0.39 is 0 Å². The van der Waals surface area contributed by atoms with Crippen molar-refractivity contribution in [2.24, 2.45) is 0 Å². The van der Waals surface area contributed by atoms with Gasteiger partial charge in [-0.25, -0.2) is 0 Å². The molecule has 1 fully saturated rings. The predicted molar refractivity (Wildman–Crippen MR) is 128 cm³/mol. The Labute approximate surface area is 195 Å². The molecule has 1 aromatic heterocycles. The van der Waals surface area contributed by atoms with E-state index in [1.807, 2.05) is 25.1 Å². The molecule has 0 N–H and O–H groups in total. The summed E-state index contributed by atoms with van der Waals surface area (Å²) in [6.45, 7) is 2.49. The summed E-state index contributed by atoms with van der Waals surface area (Å²) in [5, 5.41) is 1.23. The number of thiocarbonyl (C=S) groups is 1. The number of likely N-dealkylation sites (N-methyl/N-ethyl adjacent to an activating group) is 1. The van der Waals surface area contributed by atoms with Crippen LogP contribution in [0.2, 0.25) is 10.0 Å². The zero-order chi connectivity index (χ0) is 22.1. The molecular formula is C23H18Cl2N2O3S. The number of nitrogens with zero attached hydrogens (tertiary/aromatic N) is 2. The quantitative estimate of drug-likeness (QED) is 0.324. The summed E-state index contributed by atoms with van der Waals surface area (Å²) in [6, 6.07) is 16.1. The van der Waals surface area contributed by atoms with E-state index in [9.17, 15) is 4.79 Å². The molecule has 3 aromatic rings. The maximum Gasteiger partial charge on any atom is 0.281 e. The smallest absolute Gasteiger partial charge is 0.281 e. The van der Waals surface area contributed by atoms with Gasteiger partial charge in [0.05, 0.1) is 22.3 Å². The zero-order valence-electron chi connectivity index (χ0n) is 16.8. The number of furan rings is 1. The molecular weight excluding hydrogens is 455 g/mol. The molecule has 0 bridgehead atoms. The van der Waals surface area contributed by atoms with Gasteiger partial charge in [-0.3, -0.25) is 9.69 Å². The van der Waals surface area contributed by atoms with Gasteiger partial charge in [-0.1, -0.05) is 29.3 Å². The summed E-state index contributed by atoms with van der Waals surface area (Å²) in [5.41, 5.74) is 1.74. The van der Waals surface area contributed by atoms with Gasteiger partial charge in [0.25, 0.3) is 5.91 Å². The predicted octanol–water partition coefficient (Wildman–Crippen LogP) is 6.26. The van der Waals surface area contributed by atoms with Gasteiger partial charge >= 0.3 is 0 Å². The highest BCUT2D eigenvalue weighted by Crippen LogP contribution is 2.35. The van der Waals surface area contributed by atoms with Crippen LogP contribution in [0.3, 0.4) is 0 Å². The van der Waals surface area contributed by atoms with Crippen LogP contribution in [0.1, 0.15) is 12.7 Å². The van der Waals surface area contributed by atoms with Crippen LogP contribution in [-0.4, -0.2) is 29.6 Å². The minimum Gasteiger partial charge on any atom is -0.494 e. The molecule has 0 radical (unpaired) electrons. The molecule has 2 aromatic carbocycles. The molecule has 0 spiro atoms. The van der Waals surface area contributed by atoms with Crippen molar-refractivity contribution in [2.75, 3.05) is 18.6 Å². The lowest BCUT2D eigenvalue weighted by molar-refractivity contribution is -0.114. The molecule has 158 valence electrons. The fourth-order valence-electron chi connectivity index (χ4n) is 3.25. The average molecular weight is 473 g/mol. The van der Waals surface area contributed by atoms with E-state index in [0.29, 0.717) is 50.2 Å². The molecule has 0 atom stereocenters. The van der Waals surface area contributed by atoms with Crippen LogP contribution in [0, 0.1) is 0 Å². The second-order valence-corrected chi connectivity index (χ2v) is 7.89. The van der Waals surface area contributed by atoms with Gasteiger partial charge in [0.1, 0.15) is 23.0 Å². The Morgan fingerprint density at radius 3 is 2.55 bits per heavy atom. The van der Waals surface area contributed by atoms with Gasteiger partial charge < -0.3 is 14.1 Å². The van der Waals surface area contributed by atoms with Gasteiger partial charge in [0.15, 0.2) is 5.11 Å². The minimum atomic E-state index is -0.240. The number of ether oxygens (including phenoxy) is 1. The number of carbonyl (C=O) groups excluding carboxylic acids is 1. The topological polar surface area (TPSA) is 45.9 Å². The SMILES string of the molecule is CCOc1ccc(N2C(=O)/C(=C/c3ccc(-c4cccc(Cl)c4Cl)o3)N(C)C2=S)cc1. The van der Waals surface area contributed by atoms with Crippen LogP contribution in [0.15, 0.2) is 64.7 Å². The number of carbonyl (C=O) groups is 1. The molecule has 1 saturated heterocycles. The first kappa shape index (κ1) is 21.4. The van der Waals surface area contributed by atoms with Crippen LogP contribution >= 0.6 is 35.4 Å². The summed E-state index contributed by atoms with van der Waals surface area (Å²) in [6.07, 6.45) is 1.66. The molecule has 1 aliphatic rings. The Morgan fingerprint density at radius 2 is 1.84 bits per heavy atom. The van der Waals surface area contributed by atoms with Gasteiger partial charge in [-0.05, 0) is 67.7 Å². The average Bonchev–Trinajstić information content (AvgIpc) is 3.30. The normalized spacial score (nSPS) is 15.3. The van der Waals surface area contributed by atoms with E-state index in [1.54, 1.807) is 54.4 Å². The standard InChI is InChI=1S/C23H18Cl2N2O3S/c1-3-29-15-9-7-14(8-10-15)27-22(28)19(26(2)23(27)31)13-16-11-12-20(30-16)17-5-4-6-18(24)21(17)25/h4-13H,3H2,1-2H3/b19-13-. The number of amides is 1. The fraction of sp³-hybridized carbons (Fsp3) is 0.130. The van der Waals surface area contributed by atoms with Crippen molar-refractivity contribution in [2.45, 2.75) is 6.92 Å². The van der Waals surface area contributed by atoms with Gasteiger partial charge in [0.2, 0.25) is 0 Å². The molecule has 4 rings (SSSR count). The van der Waals surface area contributed by atoms with Crippen molar-refractivity contribution in [3.05, 3.63) is 76.1 Å². The first-order valence-electron chi connectivity index (χ1n) is 9.51. The molecule has 0 saturated carbocycles. The van der Waals surface area contributed by atoms with Crippen molar-refractivity contribution >= 4 is 58.2 Å². The summed E-state index contributed by atoms with van der Waals surface area (Å²) < 4.78 is 11.4. The first-order valence-corrected chi connectivity index (χ1v) is 10.7. The monoisotopic (exact) mass is 472 g/mol. The van der Waals surface area contributed by atoms with E-state index in [1.165, 1.54) is 4.90 Å². The zero-order valence-corrected chi connectivity index (χ0v) is 19.1. The molecule has 31 heavy (non-hydrogen) atoms. The third-order valence-corrected chi connectivity index (χ3v) is 6.07. The van der Waals surface area contributed by atoms with E-state index >= 15 is 0 Å². The summed E-state index contributed by atoms with van der Waals surface area (Å²) in [7, 11) is 1.75. The Hall–Kier alpha value is -2.80. The fourth-order valence-corrected chi connectivity index (χ4v) is 3.93. The Bertz CT molecular complexity index is 1190. The van der Waals surface area contributed by atoms with Crippen LogP contribution in [0.4, 0.5) is 5.69 Å². The number of hydrogen-bond donors (Lipinski definition) is 0. The minimum absolute atomic E-state index is 0.240. The van der Waals surface area contributed by atoms with Crippen LogP contribution < -0.4 is 9.64 Å². The lowest BCUT2D eigenvalue weighted by atomic mass is 10.2. The number of hydrogen-bond acceptors (Lipinski definition) is 4. The van der Waals surface area contributed by atoms with E-state index in [4.69, 9.17) is 44.6 Å². The van der Waals surface area contributed by atoms with E-state index in [0.717, 1.165) is 5.75 Å². The lowest BCUT2D eigenvalue weighted by Gasteiger charge is -2.16.